The van der Waals surface area contributed by atoms with Crippen LogP contribution in [0.4, 0.5) is 30.8 Å². The predicted molar refractivity (Wildman–Crippen MR) is 50.5 cm³/mol. The van der Waals surface area contributed by atoms with Gasteiger partial charge < -0.3 is 16.4 Å². The highest BCUT2D eigenvalue weighted by Gasteiger charge is 2.26. The van der Waals surface area contributed by atoms with Crippen molar-refractivity contribution in [3.63, 3.8) is 0 Å². The standard InChI is InChI=1S/C7H10F3N5/c1-12-4-2-5(15-6(11)14-4)13-3-7(8,9)10/h2H,3H2,1H3,(H4,11,12,13,14,15). The van der Waals surface area contributed by atoms with E-state index in [0.717, 1.165) is 0 Å². The molecule has 0 aliphatic heterocycles. The van der Waals surface area contributed by atoms with E-state index in [9.17, 15) is 13.2 Å². The van der Waals surface area contributed by atoms with E-state index in [1.54, 1.807) is 7.05 Å². The van der Waals surface area contributed by atoms with Crippen LogP contribution in [0.5, 0.6) is 0 Å². The smallest absolute Gasteiger partial charge is 0.373 e. The Morgan fingerprint density at radius 2 is 1.93 bits per heavy atom. The van der Waals surface area contributed by atoms with Gasteiger partial charge in [0.15, 0.2) is 0 Å². The number of nitrogen functional groups attached to an aromatic ring is 1. The zero-order valence-corrected chi connectivity index (χ0v) is 7.89. The molecule has 0 radical (unpaired) electrons. The predicted octanol–water partition coefficient (Wildman–Crippen LogP) is 1.07. The van der Waals surface area contributed by atoms with Crippen LogP contribution in [0.15, 0.2) is 6.07 Å². The van der Waals surface area contributed by atoms with E-state index in [-0.39, 0.29) is 11.8 Å². The maximum atomic E-state index is 11.9. The summed E-state index contributed by atoms with van der Waals surface area (Å²) in [7, 11) is 1.58. The summed E-state index contributed by atoms with van der Waals surface area (Å²) in [6.07, 6.45) is -4.29. The molecule has 0 aliphatic carbocycles. The average molecular weight is 221 g/mol. The van der Waals surface area contributed by atoms with Gasteiger partial charge in [-0.1, -0.05) is 0 Å². The second-order valence-electron chi connectivity index (χ2n) is 2.72. The molecular formula is C7H10F3N5. The van der Waals surface area contributed by atoms with Gasteiger partial charge in [-0.05, 0) is 0 Å². The van der Waals surface area contributed by atoms with Gasteiger partial charge in [0.05, 0.1) is 0 Å². The number of nitrogens with zero attached hydrogens (tertiary/aromatic N) is 2. The van der Waals surface area contributed by atoms with Gasteiger partial charge in [-0.2, -0.15) is 23.1 Å². The SMILES string of the molecule is CNc1cc(NCC(F)(F)F)nc(N)n1. The van der Waals surface area contributed by atoms with Crippen LogP contribution in [0, 0.1) is 0 Å². The van der Waals surface area contributed by atoms with Crippen LogP contribution in [0.25, 0.3) is 0 Å². The molecule has 8 heteroatoms. The Labute approximate surface area is 83.9 Å². The third kappa shape index (κ3) is 3.88. The van der Waals surface area contributed by atoms with Gasteiger partial charge in [0.2, 0.25) is 5.95 Å². The van der Waals surface area contributed by atoms with Crippen LogP contribution in [-0.2, 0) is 0 Å². The number of hydrogen-bond donors (Lipinski definition) is 3. The van der Waals surface area contributed by atoms with Gasteiger partial charge >= 0.3 is 6.18 Å². The molecule has 15 heavy (non-hydrogen) atoms. The molecule has 1 heterocycles. The van der Waals surface area contributed by atoms with E-state index in [2.05, 4.69) is 20.6 Å². The van der Waals surface area contributed by atoms with Crippen molar-refractivity contribution < 1.29 is 13.2 Å². The number of hydrogen-bond acceptors (Lipinski definition) is 5. The van der Waals surface area contributed by atoms with E-state index < -0.39 is 12.7 Å². The number of nitrogens with two attached hydrogens (primary N) is 1. The molecule has 0 spiro atoms. The molecule has 0 aromatic carbocycles. The average Bonchev–Trinajstić information content (AvgIpc) is 2.13. The van der Waals surface area contributed by atoms with Gasteiger partial charge in [-0.15, -0.1) is 0 Å². The first-order valence-electron chi connectivity index (χ1n) is 4.03. The van der Waals surface area contributed by atoms with Crippen molar-refractivity contribution in [2.24, 2.45) is 0 Å². The lowest BCUT2D eigenvalue weighted by molar-refractivity contribution is -0.115. The van der Waals surface area contributed by atoms with E-state index in [1.807, 2.05) is 0 Å². The highest BCUT2D eigenvalue weighted by Crippen LogP contribution is 2.17. The minimum Gasteiger partial charge on any atom is -0.373 e. The van der Waals surface area contributed by atoms with E-state index in [4.69, 9.17) is 5.73 Å². The van der Waals surface area contributed by atoms with Gasteiger partial charge in [0, 0.05) is 13.1 Å². The Bertz CT molecular complexity index is 338. The monoisotopic (exact) mass is 221 g/mol. The molecule has 4 N–H and O–H groups in total. The largest absolute Gasteiger partial charge is 0.405 e. The Morgan fingerprint density at radius 3 is 2.47 bits per heavy atom. The first kappa shape index (κ1) is 11.3. The van der Waals surface area contributed by atoms with Crippen molar-refractivity contribution in [2.45, 2.75) is 6.18 Å². The summed E-state index contributed by atoms with van der Waals surface area (Å²) in [6.45, 7) is -1.16. The second kappa shape index (κ2) is 4.20. The number of anilines is 3. The Hall–Kier alpha value is -1.73. The van der Waals surface area contributed by atoms with Gasteiger partial charge in [-0.25, -0.2) is 0 Å². The summed E-state index contributed by atoms with van der Waals surface area (Å²) in [5.74, 6) is 0.294. The Morgan fingerprint density at radius 1 is 1.33 bits per heavy atom. The molecule has 0 unspecified atom stereocenters. The molecule has 84 valence electrons. The summed E-state index contributed by atoms with van der Waals surface area (Å²) in [5.41, 5.74) is 5.29. The summed E-state index contributed by atoms with van der Waals surface area (Å²) in [6, 6.07) is 1.34. The van der Waals surface area contributed by atoms with Crippen molar-refractivity contribution in [1.82, 2.24) is 9.97 Å². The van der Waals surface area contributed by atoms with Gasteiger partial charge in [-0.3, -0.25) is 0 Å². The van der Waals surface area contributed by atoms with Crippen LogP contribution < -0.4 is 16.4 Å². The fourth-order valence-corrected chi connectivity index (χ4v) is 0.875. The second-order valence-corrected chi connectivity index (χ2v) is 2.72. The molecule has 5 nitrogen and oxygen atoms in total. The molecule has 1 rings (SSSR count). The zero-order chi connectivity index (χ0) is 11.5. The summed E-state index contributed by atoms with van der Waals surface area (Å²) in [5, 5.41) is 4.76. The Balaban J connectivity index is 2.73. The molecular weight excluding hydrogens is 211 g/mol. The van der Waals surface area contributed by atoms with Crippen molar-refractivity contribution in [1.29, 1.82) is 0 Å². The summed E-state index contributed by atoms with van der Waals surface area (Å²) in [4.78, 5) is 7.33. The van der Waals surface area contributed by atoms with E-state index in [0.29, 0.717) is 5.82 Å². The Kier molecular flexibility index (Phi) is 3.17. The van der Waals surface area contributed by atoms with Crippen LogP contribution >= 0.6 is 0 Å². The molecule has 1 aromatic heterocycles. The normalized spacial score (nSPS) is 11.2. The molecule has 0 saturated carbocycles. The van der Waals surface area contributed by atoms with Gasteiger partial charge in [0.25, 0.3) is 0 Å². The van der Waals surface area contributed by atoms with Crippen molar-refractivity contribution >= 4 is 17.6 Å². The van der Waals surface area contributed by atoms with E-state index >= 15 is 0 Å². The van der Waals surface area contributed by atoms with E-state index in [1.165, 1.54) is 6.07 Å². The topological polar surface area (TPSA) is 75.9 Å². The number of alkyl halides is 3. The molecule has 0 amide bonds. The molecule has 0 aliphatic rings. The molecule has 0 saturated heterocycles. The first-order chi connectivity index (χ1) is 6.90. The van der Waals surface area contributed by atoms with Crippen LogP contribution in [0.2, 0.25) is 0 Å². The lowest BCUT2D eigenvalue weighted by atomic mass is 10.5. The first-order valence-corrected chi connectivity index (χ1v) is 4.03. The van der Waals surface area contributed by atoms with Crippen LogP contribution in [-0.4, -0.2) is 29.7 Å². The van der Waals surface area contributed by atoms with Gasteiger partial charge in [0.1, 0.15) is 18.2 Å². The highest BCUT2D eigenvalue weighted by atomic mass is 19.4. The summed E-state index contributed by atoms with van der Waals surface area (Å²) < 4.78 is 35.6. The van der Waals surface area contributed by atoms with Crippen molar-refractivity contribution in [2.75, 3.05) is 30.0 Å². The fraction of sp³-hybridized carbons (Fsp3) is 0.429. The highest BCUT2D eigenvalue weighted by molar-refractivity contribution is 5.50. The minimum atomic E-state index is -4.29. The number of nitrogens with one attached hydrogen (secondary N) is 2. The number of rotatable bonds is 3. The number of aromatic nitrogens is 2. The molecule has 1 aromatic rings. The lowest BCUT2D eigenvalue weighted by Gasteiger charge is -2.10. The maximum Gasteiger partial charge on any atom is 0.405 e. The molecule has 0 bridgehead atoms. The maximum absolute atomic E-state index is 11.9. The third-order valence-electron chi connectivity index (χ3n) is 1.47. The third-order valence-corrected chi connectivity index (χ3v) is 1.47. The molecule has 0 fully saturated rings. The van der Waals surface area contributed by atoms with Crippen LogP contribution in [0.3, 0.4) is 0 Å². The fourth-order valence-electron chi connectivity index (χ4n) is 0.875. The summed E-state index contributed by atoms with van der Waals surface area (Å²) >= 11 is 0. The van der Waals surface area contributed by atoms with Crippen molar-refractivity contribution in [3.05, 3.63) is 6.07 Å². The number of halogens is 3. The quantitative estimate of drug-likeness (QED) is 0.711. The minimum absolute atomic E-state index is 0.0316. The zero-order valence-electron chi connectivity index (χ0n) is 7.89. The lowest BCUT2D eigenvalue weighted by Crippen LogP contribution is -2.22. The van der Waals surface area contributed by atoms with Crippen molar-refractivity contribution in [3.8, 4) is 0 Å². The van der Waals surface area contributed by atoms with Crippen LogP contribution in [0.1, 0.15) is 0 Å². The molecule has 0 atom stereocenters.